The fourth-order valence-electron chi connectivity index (χ4n) is 2.28. The predicted octanol–water partition coefficient (Wildman–Crippen LogP) is 3.86. The Morgan fingerprint density at radius 1 is 1.05 bits per heavy atom. The quantitative estimate of drug-likeness (QED) is 0.657. The van der Waals surface area contributed by atoms with E-state index < -0.39 is 0 Å². The monoisotopic (exact) mass is 269 g/mol. The zero-order chi connectivity index (χ0) is 13.4. The second-order valence-corrected chi connectivity index (χ2v) is 4.95. The van der Waals surface area contributed by atoms with E-state index in [2.05, 4.69) is 0 Å². The topological polar surface area (TPSA) is 22.0 Å². The van der Waals surface area contributed by atoms with Crippen molar-refractivity contribution in [2.75, 3.05) is 0 Å². The number of halogens is 1. The van der Waals surface area contributed by atoms with Crippen LogP contribution in [0.15, 0.2) is 59.5 Å². The molecule has 0 unspecified atom stereocenters. The average molecular weight is 270 g/mol. The molecule has 0 bridgehead atoms. The van der Waals surface area contributed by atoms with Crippen LogP contribution >= 0.6 is 11.6 Å². The summed E-state index contributed by atoms with van der Waals surface area (Å²) in [5.41, 5.74) is 1.87. The molecule has 0 saturated heterocycles. The highest BCUT2D eigenvalue weighted by molar-refractivity contribution is 6.32. The Morgan fingerprint density at radius 2 is 1.79 bits per heavy atom. The van der Waals surface area contributed by atoms with E-state index in [-0.39, 0.29) is 5.56 Å². The highest BCUT2D eigenvalue weighted by Gasteiger charge is 2.09. The van der Waals surface area contributed by atoms with Crippen molar-refractivity contribution in [3.63, 3.8) is 0 Å². The molecule has 0 aliphatic rings. The largest absolute Gasteiger partial charge is 0.318 e. The van der Waals surface area contributed by atoms with Crippen molar-refractivity contribution in [1.29, 1.82) is 0 Å². The van der Waals surface area contributed by atoms with Crippen LogP contribution < -0.4 is 5.56 Å². The maximum atomic E-state index is 12.4. The molecule has 0 aliphatic carbocycles. The molecule has 0 N–H and O–H groups in total. The first-order valence-corrected chi connectivity index (χ1v) is 6.39. The summed E-state index contributed by atoms with van der Waals surface area (Å²) in [6, 6.07) is 15.4. The van der Waals surface area contributed by atoms with Gasteiger partial charge in [-0.25, -0.2) is 0 Å². The Morgan fingerprint density at radius 3 is 2.53 bits per heavy atom. The number of aryl methyl sites for hydroxylation is 1. The molecule has 3 rings (SSSR count). The van der Waals surface area contributed by atoms with E-state index in [1.165, 1.54) is 0 Å². The standard InChI is InChI=1S/C16H12ClNO/c1-18-8-7-12-9-13(17)10-14(15(12)16(18)19)11-5-3-2-4-6-11/h2-10H,1H3. The van der Waals surface area contributed by atoms with Gasteiger partial charge in [-0.15, -0.1) is 0 Å². The maximum absolute atomic E-state index is 12.4. The summed E-state index contributed by atoms with van der Waals surface area (Å²) in [6.07, 6.45) is 1.76. The molecule has 2 nitrogen and oxygen atoms in total. The molecule has 0 aliphatic heterocycles. The van der Waals surface area contributed by atoms with E-state index in [9.17, 15) is 4.79 Å². The molecule has 19 heavy (non-hydrogen) atoms. The lowest BCUT2D eigenvalue weighted by atomic mass is 9.99. The van der Waals surface area contributed by atoms with Gasteiger partial charge in [0, 0.05) is 18.3 Å². The first-order chi connectivity index (χ1) is 9.16. The number of nitrogens with zero attached hydrogens (tertiary/aromatic N) is 1. The van der Waals surface area contributed by atoms with E-state index in [4.69, 9.17) is 11.6 Å². The molecule has 94 valence electrons. The van der Waals surface area contributed by atoms with E-state index in [1.54, 1.807) is 17.8 Å². The lowest BCUT2D eigenvalue weighted by molar-refractivity contribution is 0.873. The zero-order valence-electron chi connectivity index (χ0n) is 10.4. The predicted molar refractivity (Wildman–Crippen MR) is 79.6 cm³/mol. The van der Waals surface area contributed by atoms with Gasteiger partial charge in [0.2, 0.25) is 0 Å². The van der Waals surface area contributed by atoms with Crippen LogP contribution in [0.5, 0.6) is 0 Å². The number of fused-ring (bicyclic) bond motifs is 1. The first-order valence-electron chi connectivity index (χ1n) is 6.01. The maximum Gasteiger partial charge on any atom is 0.258 e. The smallest absolute Gasteiger partial charge is 0.258 e. The second kappa shape index (κ2) is 4.56. The molecule has 0 atom stereocenters. The van der Waals surface area contributed by atoms with Crippen LogP contribution in [0.2, 0.25) is 5.02 Å². The Labute approximate surface area is 115 Å². The summed E-state index contributed by atoms with van der Waals surface area (Å²) in [7, 11) is 1.76. The molecule has 2 aromatic carbocycles. The molecule has 0 fully saturated rings. The van der Waals surface area contributed by atoms with Crippen molar-refractivity contribution >= 4 is 22.4 Å². The minimum Gasteiger partial charge on any atom is -0.318 e. The number of pyridine rings is 1. The van der Waals surface area contributed by atoms with Gasteiger partial charge in [-0.3, -0.25) is 4.79 Å². The van der Waals surface area contributed by atoms with Gasteiger partial charge in [-0.2, -0.15) is 0 Å². The lowest BCUT2D eigenvalue weighted by Crippen LogP contribution is -2.16. The van der Waals surface area contributed by atoms with E-state index in [0.717, 1.165) is 16.5 Å². The fourth-order valence-corrected chi connectivity index (χ4v) is 2.51. The van der Waals surface area contributed by atoms with Crippen LogP contribution in [0.4, 0.5) is 0 Å². The van der Waals surface area contributed by atoms with Crippen LogP contribution in [-0.4, -0.2) is 4.57 Å². The van der Waals surface area contributed by atoms with Gasteiger partial charge in [0.15, 0.2) is 0 Å². The van der Waals surface area contributed by atoms with Crippen molar-refractivity contribution < 1.29 is 0 Å². The number of hydrogen-bond acceptors (Lipinski definition) is 1. The van der Waals surface area contributed by atoms with E-state index >= 15 is 0 Å². The molecule has 1 heterocycles. The van der Waals surface area contributed by atoms with Crippen LogP contribution in [-0.2, 0) is 7.05 Å². The lowest BCUT2D eigenvalue weighted by Gasteiger charge is -2.09. The normalized spacial score (nSPS) is 10.8. The van der Waals surface area contributed by atoms with E-state index in [1.807, 2.05) is 48.5 Å². The van der Waals surface area contributed by atoms with Crippen molar-refractivity contribution in [3.8, 4) is 11.1 Å². The summed E-state index contributed by atoms with van der Waals surface area (Å²) in [5, 5.41) is 2.22. The summed E-state index contributed by atoms with van der Waals surface area (Å²) in [6.45, 7) is 0. The first kappa shape index (κ1) is 12.0. The third kappa shape index (κ3) is 2.04. The molecule has 0 saturated carbocycles. The van der Waals surface area contributed by atoms with Gasteiger partial charge in [0.05, 0.1) is 5.39 Å². The van der Waals surface area contributed by atoms with Crippen molar-refractivity contribution in [1.82, 2.24) is 4.57 Å². The number of benzene rings is 2. The molecular weight excluding hydrogens is 258 g/mol. The Hall–Kier alpha value is -2.06. The SMILES string of the molecule is Cn1ccc2cc(Cl)cc(-c3ccccc3)c2c1=O. The van der Waals surface area contributed by atoms with Crippen molar-refractivity contribution in [2.24, 2.45) is 7.05 Å². The third-order valence-corrected chi connectivity index (χ3v) is 3.45. The van der Waals surface area contributed by atoms with Gasteiger partial charge < -0.3 is 4.57 Å². The molecule has 1 aromatic heterocycles. The van der Waals surface area contributed by atoms with Crippen LogP contribution in [0.25, 0.3) is 21.9 Å². The van der Waals surface area contributed by atoms with Crippen LogP contribution in [0.1, 0.15) is 0 Å². The van der Waals surface area contributed by atoms with Crippen LogP contribution in [0, 0.1) is 0 Å². The molecule has 0 spiro atoms. The summed E-state index contributed by atoms with van der Waals surface area (Å²) in [4.78, 5) is 12.4. The second-order valence-electron chi connectivity index (χ2n) is 4.52. The number of aromatic nitrogens is 1. The Balaban J connectivity index is 2.48. The van der Waals surface area contributed by atoms with Gasteiger partial charge in [-0.05, 0) is 34.7 Å². The Bertz CT molecular complexity index is 806. The molecule has 0 radical (unpaired) electrons. The Kier molecular flexibility index (Phi) is 2.88. The minimum atomic E-state index is -0.00646. The zero-order valence-corrected chi connectivity index (χ0v) is 11.2. The highest BCUT2D eigenvalue weighted by Crippen LogP contribution is 2.29. The summed E-state index contributed by atoms with van der Waals surface area (Å²) >= 11 is 6.16. The summed E-state index contributed by atoms with van der Waals surface area (Å²) < 4.78 is 1.59. The number of rotatable bonds is 1. The van der Waals surface area contributed by atoms with Gasteiger partial charge in [0.1, 0.15) is 0 Å². The highest BCUT2D eigenvalue weighted by atomic mass is 35.5. The fraction of sp³-hybridized carbons (Fsp3) is 0.0625. The number of hydrogen-bond donors (Lipinski definition) is 0. The van der Waals surface area contributed by atoms with Crippen LogP contribution in [0.3, 0.4) is 0 Å². The minimum absolute atomic E-state index is 0.00646. The molecule has 3 aromatic rings. The van der Waals surface area contributed by atoms with Gasteiger partial charge in [-0.1, -0.05) is 41.9 Å². The van der Waals surface area contributed by atoms with Crippen molar-refractivity contribution in [3.05, 3.63) is 70.1 Å². The third-order valence-electron chi connectivity index (χ3n) is 3.23. The molecule has 0 amide bonds. The van der Waals surface area contributed by atoms with E-state index in [0.29, 0.717) is 10.4 Å². The van der Waals surface area contributed by atoms with Gasteiger partial charge in [0.25, 0.3) is 5.56 Å². The molecule has 3 heteroatoms. The van der Waals surface area contributed by atoms with Crippen molar-refractivity contribution in [2.45, 2.75) is 0 Å². The summed E-state index contributed by atoms with van der Waals surface area (Å²) in [5.74, 6) is 0. The molecular formula is C16H12ClNO. The van der Waals surface area contributed by atoms with Gasteiger partial charge >= 0.3 is 0 Å². The average Bonchev–Trinajstić information content (AvgIpc) is 2.43.